The number of Topliss-reactive ketones (excluding diaryl/α,β-unsaturated/α-hetero) is 1. The summed E-state index contributed by atoms with van der Waals surface area (Å²) in [6.45, 7) is 5.25. The topological polar surface area (TPSA) is 17.1 Å². The van der Waals surface area contributed by atoms with Gasteiger partial charge in [-0.15, -0.1) is 0 Å². The van der Waals surface area contributed by atoms with Gasteiger partial charge in [0.1, 0.15) is 6.42 Å². The lowest BCUT2D eigenvalue weighted by Crippen LogP contribution is -1.88. The van der Waals surface area contributed by atoms with E-state index in [1.54, 1.807) is 0 Å². The van der Waals surface area contributed by atoms with Gasteiger partial charge in [-0.2, -0.15) is 0 Å². The maximum Gasteiger partial charge on any atom is 0.176 e. The largest absolute Gasteiger partial charge is 0.295 e. The van der Waals surface area contributed by atoms with E-state index in [-0.39, 0.29) is 5.78 Å². The standard InChI is InChI=1S/C5H9O/c1-3-5(6)4-2/h1,3-4H2,2H3/q+1. The van der Waals surface area contributed by atoms with Crippen molar-refractivity contribution in [1.29, 1.82) is 0 Å². The minimum atomic E-state index is 0.231. The second-order valence-corrected chi connectivity index (χ2v) is 1.14. The molecule has 0 rings (SSSR count). The minimum Gasteiger partial charge on any atom is -0.295 e. The van der Waals surface area contributed by atoms with E-state index in [0.29, 0.717) is 12.8 Å². The van der Waals surface area contributed by atoms with Crippen LogP contribution in [0.15, 0.2) is 0 Å². The predicted octanol–water partition coefficient (Wildman–Crippen LogP) is 1.19. The van der Waals surface area contributed by atoms with E-state index in [0.717, 1.165) is 0 Å². The normalized spacial score (nSPS) is 8.17. The second-order valence-electron chi connectivity index (χ2n) is 1.14. The maximum atomic E-state index is 10.1. The Morgan fingerprint density at radius 1 is 1.83 bits per heavy atom. The van der Waals surface area contributed by atoms with Crippen LogP contribution in [0.5, 0.6) is 0 Å². The fourth-order valence-corrected chi connectivity index (χ4v) is 0.177. The van der Waals surface area contributed by atoms with E-state index in [1.165, 1.54) is 0 Å². The van der Waals surface area contributed by atoms with Gasteiger partial charge < -0.3 is 0 Å². The summed E-state index contributed by atoms with van der Waals surface area (Å²) in [5.74, 6) is 0.231. The fraction of sp³-hybridized carbons (Fsp3) is 0.600. The molecule has 0 saturated carbocycles. The number of carbonyl (C=O) groups excluding carboxylic acids is 1. The molecule has 0 aliphatic carbocycles. The molecular formula is C5H9O+. The predicted molar refractivity (Wildman–Crippen MR) is 25.3 cm³/mol. The number of ketones is 1. The summed E-state index contributed by atoms with van der Waals surface area (Å²) in [4.78, 5) is 10.1. The van der Waals surface area contributed by atoms with Gasteiger partial charge in [-0.1, -0.05) is 6.92 Å². The summed E-state index contributed by atoms with van der Waals surface area (Å²) < 4.78 is 0. The molecule has 0 radical (unpaired) electrons. The van der Waals surface area contributed by atoms with E-state index in [4.69, 9.17) is 0 Å². The van der Waals surface area contributed by atoms with Crippen LogP contribution in [-0.4, -0.2) is 5.78 Å². The summed E-state index contributed by atoms with van der Waals surface area (Å²) in [5, 5.41) is 0. The van der Waals surface area contributed by atoms with Crippen molar-refractivity contribution >= 4 is 5.78 Å². The van der Waals surface area contributed by atoms with Gasteiger partial charge in [-0.25, -0.2) is 0 Å². The smallest absolute Gasteiger partial charge is 0.176 e. The highest BCUT2D eigenvalue weighted by molar-refractivity contribution is 5.78. The highest BCUT2D eigenvalue weighted by Gasteiger charge is 1.92. The first kappa shape index (κ1) is 5.54. The highest BCUT2D eigenvalue weighted by Crippen LogP contribution is 1.82. The van der Waals surface area contributed by atoms with Crippen LogP contribution >= 0.6 is 0 Å². The molecule has 0 aliphatic heterocycles. The van der Waals surface area contributed by atoms with E-state index < -0.39 is 0 Å². The van der Waals surface area contributed by atoms with Crippen molar-refractivity contribution in [2.75, 3.05) is 0 Å². The molecule has 0 spiro atoms. The van der Waals surface area contributed by atoms with Crippen molar-refractivity contribution in [2.45, 2.75) is 19.8 Å². The first-order valence-corrected chi connectivity index (χ1v) is 2.12. The summed E-state index contributed by atoms with van der Waals surface area (Å²) in [6.07, 6.45) is 1.07. The molecule has 0 saturated heterocycles. The zero-order valence-electron chi connectivity index (χ0n) is 4.03. The molecule has 0 aromatic heterocycles. The molecule has 0 N–H and O–H groups in total. The van der Waals surface area contributed by atoms with Crippen LogP contribution in [0.4, 0.5) is 0 Å². The van der Waals surface area contributed by atoms with Gasteiger partial charge in [0.05, 0.1) is 6.92 Å². The van der Waals surface area contributed by atoms with Crippen LogP contribution in [0.2, 0.25) is 0 Å². The average Bonchev–Trinajstić information content (AvgIpc) is 1.65. The average molecular weight is 85.1 g/mol. The first-order chi connectivity index (χ1) is 2.81. The number of carbonyl (C=O) groups is 1. The number of rotatable bonds is 2. The Balaban J connectivity index is 2.99. The molecule has 1 nitrogen and oxygen atoms in total. The van der Waals surface area contributed by atoms with Gasteiger partial charge in [-0.3, -0.25) is 4.79 Å². The number of hydrogen-bond donors (Lipinski definition) is 0. The van der Waals surface area contributed by atoms with Crippen molar-refractivity contribution in [2.24, 2.45) is 0 Å². The third-order valence-electron chi connectivity index (χ3n) is 0.673. The second kappa shape index (κ2) is 2.76. The molecule has 0 aromatic carbocycles. The lowest BCUT2D eigenvalue weighted by molar-refractivity contribution is -0.118. The Morgan fingerprint density at radius 2 is 2.33 bits per heavy atom. The van der Waals surface area contributed by atoms with Crippen LogP contribution in [0, 0.1) is 6.92 Å². The van der Waals surface area contributed by atoms with Crippen LogP contribution in [0.3, 0.4) is 0 Å². The molecule has 0 aliphatic rings. The molecule has 0 unspecified atom stereocenters. The third-order valence-corrected chi connectivity index (χ3v) is 0.673. The molecule has 0 atom stereocenters. The molecule has 34 valence electrons. The van der Waals surface area contributed by atoms with Crippen molar-refractivity contribution in [3.63, 3.8) is 0 Å². The van der Waals surface area contributed by atoms with Gasteiger partial charge in [-0.05, 0) is 0 Å². The summed E-state index contributed by atoms with van der Waals surface area (Å²) in [6, 6.07) is 0. The first-order valence-electron chi connectivity index (χ1n) is 2.12. The molecule has 0 fully saturated rings. The lowest BCUT2D eigenvalue weighted by atomic mass is 10.3. The Morgan fingerprint density at radius 3 is 2.33 bits per heavy atom. The molecule has 6 heavy (non-hydrogen) atoms. The molecule has 0 amide bonds. The summed E-state index contributed by atoms with van der Waals surface area (Å²) in [7, 11) is 0. The van der Waals surface area contributed by atoms with Crippen LogP contribution in [0.1, 0.15) is 19.8 Å². The summed E-state index contributed by atoms with van der Waals surface area (Å²) >= 11 is 0. The zero-order valence-corrected chi connectivity index (χ0v) is 4.03. The lowest BCUT2D eigenvalue weighted by Gasteiger charge is -1.76. The zero-order chi connectivity index (χ0) is 4.99. The van der Waals surface area contributed by atoms with E-state index in [9.17, 15) is 4.79 Å². The number of hydrogen-bond acceptors (Lipinski definition) is 1. The van der Waals surface area contributed by atoms with Gasteiger partial charge in [0, 0.05) is 6.42 Å². The molecule has 0 aromatic rings. The van der Waals surface area contributed by atoms with E-state index in [1.807, 2.05) is 6.92 Å². The Hall–Kier alpha value is -0.460. The van der Waals surface area contributed by atoms with E-state index >= 15 is 0 Å². The molecule has 0 bridgehead atoms. The maximum absolute atomic E-state index is 10.1. The van der Waals surface area contributed by atoms with Crippen molar-refractivity contribution in [3.8, 4) is 0 Å². The van der Waals surface area contributed by atoms with Gasteiger partial charge in [0.2, 0.25) is 0 Å². The van der Waals surface area contributed by atoms with Crippen LogP contribution < -0.4 is 0 Å². The highest BCUT2D eigenvalue weighted by atomic mass is 16.1. The summed E-state index contributed by atoms with van der Waals surface area (Å²) in [5.41, 5.74) is 0. The van der Waals surface area contributed by atoms with Crippen LogP contribution in [0.25, 0.3) is 0 Å². The monoisotopic (exact) mass is 85.1 g/mol. The molecular weight excluding hydrogens is 76.1 g/mol. The van der Waals surface area contributed by atoms with Gasteiger partial charge in [0.25, 0.3) is 0 Å². The van der Waals surface area contributed by atoms with Crippen molar-refractivity contribution in [3.05, 3.63) is 6.92 Å². The van der Waals surface area contributed by atoms with E-state index in [2.05, 4.69) is 6.92 Å². The van der Waals surface area contributed by atoms with Crippen molar-refractivity contribution in [1.82, 2.24) is 0 Å². The Labute approximate surface area is 38.4 Å². The molecule has 0 heterocycles. The third kappa shape index (κ3) is 1.82. The quantitative estimate of drug-likeness (QED) is 0.460. The van der Waals surface area contributed by atoms with Crippen molar-refractivity contribution < 1.29 is 4.79 Å². The minimum absolute atomic E-state index is 0.231. The van der Waals surface area contributed by atoms with Gasteiger partial charge in [0.15, 0.2) is 5.78 Å². The van der Waals surface area contributed by atoms with Gasteiger partial charge >= 0.3 is 0 Å². The fourth-order valence-electron chi connectivity index (χ4n) is 0.177. The molecule has 1 heteroatoms. The Bertz CT molecular complexity index is 41.9. The Kier molecular flexibility index (Phi) is 2.55. The van der Waals surface area contributed by atoms with Crippen LogP contribution in [-0.2, 0) is 4.79 Å². The SMILES string of the molecule is [CH2+]CC(=O)CC.